The summed E-state index contributed by atoms with van der Waals surface area (Å²) in [6.07, 6.45) is 3.93. The molecule has 0 saturated heterocycles. The third-order valence-corrected chi connectivity index (χ3v) is 4.96. The largest absolute Gasteiger partial charge is 0.494 e. The highest BCUT2D eigenvalue weighted by Crippen LogP contribution is 2.29. The lowest BCUT2D eigenvalue weighted by Gasteiger charge is -2.10. The molecule has 0 unspecified atom stereocenters. The average molecular weight is 489 g/mol. The van der Waals surface area contributed by atoms with E-state index in [1.807, 2.05) is 53.2 Å². The van der Waals surface area contributed by atoms with Crippen molar-refractivity contribution in [3.05, 3.63) is 85.1 Å². The summed E-state index contributed by atoms with van der Waals surface area (Å²) < 4.78 is 7.74. The van der Waals surface area contributed by atoms with Crippen LogP contribution in [-0.2, 0) is 9.59 Å². The number of aromatic nitrogens is 3. The molecule has 0 radical (unpaired) electrons. The Morgan fingerprint density at radius 1 is 0.944 bits per heavy atom. The Bertz CT molecular complexity index is 1300. The number of rotatable bonds is 9. The van der Waals surface area contributed by atoms with Gasteiger partial charge in [0, 0.05) is 35.8 Å². The summed E-state index contributed by atoms with van der Waals surface area (Å²) >= 11 is 0. The Morgan fingerprint density at radius 2 is 1.61 bits per heavy atom. The highest BCUT2D eigenvalue weighted by Gasteiger charge is 2.14. The first-order chi connectivity index (χ1) is 17.3. The number of para-hydroxylation sites is 1. The van der Waals surface area contributed by atoms with Crippen molar-refractivity contribution in [2.24, 2.45) is 0 Å². The molecule has 2 aromatic carbocycles. The van der Waals surface area contributed by atoms with Crippen molar-refractivity contribution in [1.29, 1.82) is 0 Å². The third kappa shape index (κ3) is 7.51. The molecule has 4 rings (SSSR count). The fraction of sp³-hybridized carbons (Fsp3) is 0.185. The number of benzene rings is 2. The summed E-state index contributed by atoms with van der Waals surface area (Å²) in [5.74, 6) is -1.63. The van der Waals surface area contributed by atoms with Gasteiger partial charge in [-0.2, -0.15) is 5.10 Å². The molecule has 186 valence electrons. The Kier molecular flexibility index (Phi) is 9.30. The van der Waals surface area contributed by atoms with Gasteiger partial charge in [0.05, 0.1) is 12.3 Å². The number of fused-ring (bicyclic) bond motifs is 1. The van der Waals surface area contributed by atoms with Gasteiger partial charge < -0.3 is 19.8 Å². The monoisotopic (exact) mass is 488 g/mol. The van der Waals surface area contributed by atoms with E-state index in [1.54, 1.807) is 6.20 Å². The first kappa shape index (κ1) is 26.1. The van der Waals surface area contributed by atoms with E-state index in [0.717, 1.165) is 46.7 Å². The van der Waals surface area contributed by atoms with Crippen LogP contribution < -0.4 is 4.74 Å². The molecule has 0 saturated carbocycles. The molecule has 2 N–H and O–H groups in total. The van der Waals surface area contributed by atoms with E-state index in [2.05, 4.69) is 42.2 Å². The van der Waals surface area contributed by atoms with Crippen molar-refractivity contribution in [2.45, 2.75) is 6.42 Å². The predicted octanol–water partition coefficient (Wildman–Crippen LogP) is 4.13. The quantitative estimate of drug-likeness (QED) is 0.267. The lowest BCUT2D eigenvalue weighted by Crippen LogP contribution is -2.15. The molecule has 2 heterocycles. The highest BCUT2D eigenvalue weighted by atomic mass is 16.5. The molecule has 0 aliphatic rings. The molecule has 0 aliphatic carbocycles. The predicted molar refractivity (Wildman–Crippen MR) is 137 cm³/mol. The van der Waals surface area contributed by atoms with Crippen molar-refractivity contribution in [1.82, 2.24) is 19.7 Å². The molecule has 0 spiro atoms. The van der Waals surface area contributed by atoms with Gasteiger partial charge in [-0.05, 0) is 69.0 Å². The van der Waals surface area contributed by atoms with Gasteiger partial charge in [0.2, 0.25) is 0 Å². The molecule has 0 bridgehead atoms. The first-order valence-corrected chi connectivity index (χ1v) is 11.3. The van der Waals surface area contributed by atoms with Crippen LogP contribution in [0.3, 0.4) is 0 Å². The van der Waals surface area contributed by atoms with Crippen LogP contribution >= 0.6 is 0 Å². The van der Waals surface area contributed by atoms with Crippen molar-refractivity contribution in [2.75, 3.05) is 27.2 Å². The van der Waals surface area contributed by atoms with Crippen LogP contribution in [0.5, 0.6) is 5.75 Å². The fourth-order valence-corrected chi connectivity index (χ4v) is 3.34. The number of aliphatic carboxylic acids is 2. The molecule has 4 aromatic rings. The van der Waals surface area contributed by atoms with E-state index < -0.39 is 11.9 Å². The zero-order chi connectivity index (χ0) is 25.9. The third-order valence-electron chi connectivity index (χ3n) is 4.96. The van der Waals surface area contributed by atoms with Gasteiger partial charge >= 0.3 is 11.9 Å². The molecular formula is C27H28N4O5. The van der Waals surface area contributed by atoms with Crippen molar-refractivity contribution in [3.63, 3.8) is 0 Å². The highest BCUT2D eigenvalue weighted by molar-refractivity contribution is 5.92. The van der Waals surface area contributed by atoms with Crippen molar-refractivity contribution < 1.29 is 24.5 Å². The van der Waals surface area contributed by atoms with E-state index in [1.165, 1.54) is 0 Å². The van der Waals surface area contributed by atoms with Crippen LogP contribution in [0.2, 0.25) is 0 Å². The van der Waals surface area contributed by atoms with E-state index in [0.29, 0.717) is 18.8 Å². The van der Waals surface area contributed by atoms with Gasteiger partial charge in [0.15, 0.2) is 5.65 Å². The fourth-order valence-electron chi connectivity index (χ4n) is 3.34. The molecule has 2 aromatic heterocycles. The van der Waals surface area contributed by atoms with Crippen molar-refractivity contribution in [3.8, 4) is 22.7 Å². The standard InChI is InChI=1S/C23H24N4O.C4H4O4/c1-26(2)16-7-17-28-20-13-11-18(12-14-20)22-21-10-6-15-24-23(21)27(25-22)19-8-4-3-5-9-19;5-3(6)1-2-4(7)8/h3-6,8-15H,7,16-17H2,1-2H3;1-2H,(H,5,6)(H,7,8)/b;2-1-. The summed E-state index contributed by atoms with van der Waals surface area (Å²) in [6.45, 7) is 1.74. The van der Waals surface area contributed by atoms with Gasteiger partial charge in [0.25, 0.3) is 0 Å². The van der Waals surface area contributed by atoms with E-state index in [-0.39, 0.29) is 0 Å². The molecule has 9 heteroatoms. The maximum Gasteiger partial charge on any atom is 0.328 e. The minimum atomic E-state index is -1.26. The number of hydrogen-bond donors (Lipinski definition) is 2. The number of pyridine rings is 1. The van der Waals surface area contributed by atoms with Crippen LogP contribution in [0.15, 0.2) is 85.1 Å². The maximum atomic E-state index is 9.55. The van der Waals surface area contributed by atoms with E-state index >= 15 is 0 Å². The van der Waals surface area contributed by atoms with Gasteiger partial charge in [-0.1, -0.05) is 18.2 Å². The SMILES string of the molecule is CN(C)CCCOc1ccc(-c2nn(-c3ccccc3)c3ncccc23)cc1.O=C(O)/C=C\C(=O)O. The second kappa shape index (κ2) is 12.8. The second-order valence-corrected chi connectivity index (χ2v) is 8.01. The maximum absolute atomic E-state index is 9.55. The molecular weight excluding hydrogens is 460 g/mol. The molecule has 9 nitrogen and oxygen atoms in total. The Morgan fingerprint density at radius 3 is 2.22 bits per heavy atom. The lowest BCUT2D eigenvalue weighted by atomic mass is 10.1. The topological polar surface area (TPSA) is 118 Å². The lowest BCUT2D eigenvalue weighted by molar-refractivity contribution is -0.134. The first-order valence-electron chi connectivity index (χ1n) is 11.3. The van der Waals surface area contributed by atoms with Crippen LogP contribution in [-0.4, -0.2) is 69.1 Å². The summed E-state index contributed by atoms with van der Waals surface area (Å²) in [5, 5.41) is 21.5. The van der Waals surface area contributed by atoms with Gasteiger partial charge in [-0.3, -0.25) is 0 Å². The van der Waals surface area contributed by atoms with E-state index in [9.17, 15) is 9.59 Å². The van der Waals surface area contributed by atoms with Crippen molar-refractivity contribution >= 4 is 23.0 Å². The number of hydrogen-bond acceptors (Lipinski definition) is 6. The smallest absolute Gasteiger partial charge is 0.328 e. The second-order valence-electron chi connectivity index (χ2n) is 8.01. The number of carboxylic acid groups (broad SMARTS) is 2. The van der Waals surface area contributed by atoms with Gasteiger partial charge in [-0.15, -0.1) is 0 Å². The molecule has 0 atom stereocenters. The summed E-state index contributed by atoms with van der Waals surface area (Å²) in [7, 11) is 4.14. The number of ether oxygens (including phenoxy) is 1. The average Bonchev–Trinajstić information content (AvgIpc) is 3.26. The molecule has 0 aliphatic heterocycles. The molecule has 0 amide bonds. The summed E-state index contributed by atoms with van der Waals surface area (Å²) in [5.41, 5.74) is 3.82. The Labute approximate surface area is 208 Å². The molecule has 0 fully saturated rings. The number of nitrogens with zero attached hydrogens (tertiary/aromatic N) is 4. The normalized spacial score (nSPS) is 10.9. The Balaban J connectivity index is 0.000000392. The zero-order valence-electron chi connectivity index (χ0n) is 20.1. The zero-order valence-corrected chi connectivity index (χ0v) is 20.1. The van der Waals surface area contributed by atoms with Crippen LogP contribution in [0.25, 0.3) is 28.0 Å². The van der Waals surface area contributed by atoms with Crippen LogP contribution in [0.1, 0.15) is 6.42 Å². The minimum absolute atomic E-state index is 0.558. The summed E-state index contributed by atoms with van der Waals surface area (Å²) in [4.78, 5) is 25.8. The van der Waals surface area contributed by atoms with Gasteiger partial charge in [-0.25, -0.2) is 19.3 Å². The van der Waals surface area contributed by atoms with Gasteiger partial charge in [0.1, 0.15) is 11.4 Å². The number of carbonyl (C=O) groups is 2. The van der Waals surface area contributed by atoms with Crippen LogP contribution in [0.4, 0.5) is 0 Å². The number of carboxylic acids is 2. The van der Waals surface area contributed by atoms with Crippen LogP contribution in [0, 0.1) is 0 Å². The minimum Gasteiger partial charge on any atom is -0.494 e. The molecule has 36 heavy (non-hydrogen) atoms. The Hall–Kier alpha value is -4.50. The summed E-state index contributed by atoms with van der Waals surface area (Å²) in [6, 6.07) is 22.2. The van der Waals surface area contributed by atoms with E-state index in [4.69, 9.17) is 20.0 Å².